The first-order valence-electron chi connectivity index (χ1n) is 8.46. The summed E-state index contributed by atoms with van der Waals surface area (Å²) >= 11 is 6.04. The van der Waals surface area contributed by atoms with E-state index in [1.54, 1.807) is 0 Å². The van der Waals surface area contributed by atoms with Gasteiger partial charge in [-0.3, -0.25) is 0 Å². The lowest BCUT2D eigenvalue weighted by Crippen LogP contribution is -2.18. The molecular weight excluding hydrogens is 330 g/mol. The van der Waals surface area contributed by atoms with Crippen molar-refractivity contribution < 1.29 is 4.74 Å². The maximum Gasteiger partial charge on any atom is 0.124 e. The third kappa shape index (κ3) is 5.09. The molecule has 0 spiro atoms. The zero-order valence-corrected chi connectivity index (χ0v) is 15.0. The van der Waals surface area contributed by atoms with Gasteiger partial charge >= 0.3 is 0 Å². The van der Waals surface area contributed by atoms with Crippen LogP contribution in [-0.2, 0) is 13.2 Å². The molecule has 3 aromatic rings. The molecule has 0 aliphatic heterocycles. The van der Waals surface area contributed by atoms with Gasteiger partial charge in [-0.1, -0.05) is 72.3 Å². The van der Waals surface area contributed by atoms with Crippen molar-refractivity contribution in [1.82, 2.24) is 5.32 Å². The zero-order valence-electron chi connectivity index (χ0n) is 14.3. The van der Waals surface area contributed by atoms with Gasteiger partial charge in [0.05, 0.1) is 0 Å². The Bertz CT molecular complexity index is 804. The van der Waals surface area contributed by atoms with Crippen LogP contribution in [0.15, 0.2) is 78.9 Å². The number of ether oxygens (including phenoxy) is 1. The Morgan fingerprint density at radius 1 is 0.920 bits per heavy atom. The molecule has 0 saturated carbocycles. The van der Waals surface area contributed by atoms with Crippen LogP contribution >= 0.6 is 11.6 Å². The molecule has 3 aromatic carbocycles. The lowest BCUT2D eigenvalue weighted by atomic mass is 10.1. The molecule has 2 nitrogen and oxygen atoms in total. The van der Waals surface area contributed by atoms with Crippen LogP contribution in [0.25, 0.3) is 0 Å². The molecular formula is C22H22ClNO. The second-order valence-electron chi connectivity index (χ2n) is 6.04. The van der Waals surface area contributed by atoms with Crippen molar-refractivity contribution >= 4 is 11.6 Å². The van der Waals surface area contributed by atoms with E-state index < -0.39 is 0 Å². The molecule has 0 fully saturated rings. The standard InChI is InChI=1S/C22H22ClNO/c1-17(19-9-3-2-4-10-19)24-15-20-11-5-6-13-22(20)25-16-18-8-7-12-21(23)14-18/h2-14,17,24H,15-16H2,1H3. The van der Waals surface area contributed by atoms with E-state index in [0.29, 0.717) is 6.61 Å². The Hall–Kier alpha value is -2.29. The van der Waals surface area contributed by atoms with Crippen LogP contribution in [-0.4, -0.2) is 0 Å². The molecule has 0 saturated heterocycles. The van der Waals surface area contributed by atoms with E-state index in [4.69, 9.17) is 16.3 Å². The van der Waals surface area contributed by atoms with Gasteiger partial charge < -0.3 is 10.1 Å². The quantitative estimate of drug-likeness (QED) is 0.583. The summed E-state index contributed by atoms with van der Waals surface area (Å²) in [6, 6.07) is 26.6. The van der Waals surface area contributed by atoms with Crippen molar-refractivity contribution in [1.29, 1.82) is 0 Å². The summed E-state index contributed by atoms with van der Waals surface area (Å²) in [4.78, 5) is 0. The van der Waals surface area contributed by atoms with Gasteiger partial charge in [0, 0.05) is 23.2 Å². The van der Waals surface area contributed by atoms with Crippen molar-refractivity contribution in [3.8, 4) is 5.75 Å². The van der Waals surface area contributed by atoms with E-state index in [-0.39, 0.29) is 6.04 Å². The third-order valence-electron chi connectivity index (χ3n) is 4.15. The van der Waals surface area contributed by atoms with Gasteiger partial charge in [-0.25, -0.2) is 0 Å². The molecule has 0 amide bonds. The number of hydrogen-bond acceptors (Lipinski definition) is 2. The minimum Gasteiger partial charge on any atom is -0.489 e. The highest BCUT2D eigenvalue weighted by Crippen LogP contribution is 2.21. The zero-order chi connectivity index (χ0) is 17.5. The van der Waals surface area contributed by atoms with Crippen molar-refractivity contribution in [3.63, 3.8) is 0 Å². The topological polar surface area (TPSA) is 21.3 Å². The van der Waals surface area contributed by atoms with Crippen LogP contribution in [0.1, 0.15) is 29.7 Å². The summed E-state index contributed by atoms with van der Waals surface area (Å²) in [6.07, 6.45) is 0. The monoisotopic (exact) mass is 351 g/mol. The molecule has 1 atom stereocenters. The van der Waals surface area contributed by atoms with Crippen LogP contribution in [0.2, 0.25) is 5.02 Å². The Balaban J connectivity index is 1.62. The second-order valence-corrected chi connectivity index (χ2v) is 6.48. The number of halogens is 1. The predicted octanol–water partition coefficient (Wildman–Crippen LogP) is 5.77. The number of benzene rings is 3. The van der Waals surface area contributed by atoms with Crippen molar-refractivity contribution in [2.45, 2.75) is 26.1 Å². The van der Waals surface area contributed by atoms with Gasteiger partial charge in [-0.15, -0.1) is 0 Å². The summed E-state index contributed by atoms with van der Waals surface area (Å²) in [5, 5.41) is 4.29. The minimum absolute atomic E-state index is 0.280. The smallest absolute Gasteiger partial charge is 0.124 e. The van der Waals surface area contributed by atoms with E-state index in [2.05, 4.69) is 42.6 Å². The van der Waals surface area contributed by atoms with Crippen molar-refractivity contribution in [2.24, 2.45) is 0 Å². The highest BCUT2D eigenvalue weighted by Gasteiger charge is 2.07. The molecule has 0 heterocycles. The van der Waals surface area contributed by atoms with E-state index >= 15 is 0 Å². The van der Waals surface area contributed by atoms with Gasteiger partial charge in [0.1, 0.15) is 12.4 Å². The van der Waals surface area contributed by atoms with Gasteiger partial charge in [-0.2, -0.15) is 0 Å². The Morgan fingerprint density at radius 2 is 1.68 bits per heavy atom. The minimum atomic E-state index is 0.280. The fourth-order valence-electron chi connectivity index (χ4n) is 2.70. The van der Waals surface area contributed by atoms with E-state index in [0.717, 1.165) is 28.4 Å². The first kappa shape index (κ1) is 17.5. The normalized spacial score (nSPS) is 11.9. The SMILES string of the molecule is CC(NCc1ccccc1OCc1cccc(Cl)c1)c1ccccc1. The molecule has 25 heavy (non-hydrogen) atoms. The maximum absolute atomic E-state index is 6.04. The van der Waals surface area contributed by atoms with Gasteiger partial charge in [0.15, 0.2) is 0 Å². The largest absolute Gasteiger partial charge is 0.489 e. The second kappa shape index (κ2) is 8.70. The van der Waals surface area contributed by atoms with Crippen molar-refractivity contribution in [2.75, 3.05) is 0 Å². The maximum atomic E-state index is 6.04. The van der Waals surface area contributed by atoms with Crippen LogP contribution in [0.4, 0.5) is 0 Å². The van der Waals surface area contributed by atoms with Crippen LogP contribution in [0, 0.1) is 0 Å². The Morgan fingerprint density at radius 3 is 2.48 bits per heavy atom. The molecule has 128 valence electrons. The summed E-state index contributed by atoms with van der Waals surface area (Å²) < 4.78 is 6.02. The molecule has 3 heteroatoms. The van der Waals surface area contributed by atoms with E-state index in [1.807, 2.05) is 48.5 Å². The first-order chi connectivity index (χ1) is 12.2. The van der Waals surface area contributed by atoms with Gasteiger partial charge in [-0.05, 0) is 36.2 Å². The molecule has 0 aliphatic rings. The van der Waals surface area contributed by atoms with E-state index in [1.165, 1.54) is 5.56 Å². The van der Waals surface area contributed by atoms with Crippen LogP contribution in [0.3, 0.4) is 0 Å². The molecule has 3 rings (SSSR count). The Labute approximate surface area is 154 Å². The fourth-order valence-corrected chi connectivity index (χ4v) is 2.91. The summed E-state index contributed by atoms with van der Waals surface area (Å²) in [6.45, 7) is 3.43. The molecule has 1 unspecified atom stereocenters. The lowest BCUT2D eigenvalue weighted by Gasteiger charge is -2.16. The van der Waals surface area contributed by atoms with E-state index in [9.17, 15) is 0 Å². The van der Waals surface area contributed by atoms with Gasteiger partial charge in [0.25, 0.3) is 0 Å². The highest BCUT2D eigenvalue weighted by molar-refractivity contribution is 6.30. The summed E-state index contributed by atoms with van der Waals surface area (Å²) in [5.74, 6) is 0.898. The Kier molecular flexibility index (Phi) is 6.10. The number of hydrogen-bond donors (Lipinski definition) is 1. The lowest BCUT2D eigenvalue weighted by molar-refractivity contribution is 0.301. The number of para-hydroxylation sites is 1. The predicted molar refractivity (Wildman–Crippen MR) is 104 cm³/mol. The summed E-state index contributed by atoms with van der Waals surface area (Å²) in [5.41, 5.74) is 3.49. The highest BCUT2D eigenvalue weighted by atomic mass is 35.5. The van der Waals surface area contributed by atoms with Crippen LogP contribution in [0.5, 0.6) is 5.75 Å². The van der Waals surface area contributed by atoms with Gasteiger partial charge in [0.2, 0.25) is 0 Å². The third-order valence-corrected chi connectivity index (χ3v) is 4.39. The first-order valence-corrected chi connectivity index (χ1v) is 8.83. The number of nitrogens with one attached hydrogen (secondary N) is 1. The summed E-state index contributed by atoms with van der Waals surface area (Å²) in [7, 11) is 0. The average Bonchev–Trinajstić information content (AvgIpc) is 2.66. The average molecular weight is 352 g/mol. The molecule has 0 bridgehead atoms. The molecule has 0 radical (unpaired) electrons. The van der Waals surface area contributed by atoms with Crippen LogP contribution < -0.4 is 10.1 Å². The fraction of sp³-hybridized carbons (Fsp3) is 0.182. The molecule has 0 aliphatic carbocycles. The number of rotatable bonds is 7. The molecule has 0 aromatic heterocycles. The molecule has 1 N–H and O–H groups in total. The van der Waals surface area contributed by atoms with Crippen molar-refractivity contribution in [3.05, 3.63) is 101 Å².